The number of rotatable bonds is 3. The van der Waals surface area contributed by atoms with Crippen LogP contribution in [0.25, 0.3) is 0 Å². The monoisotopic (exact) mass is 279 g/mol. The number of H-pyrrole nitrogens is 1. The molecule has 0 aromatic carbocycles. The van der Waals surface area contributed by atoms with E-state index < -0.39 is 23.5 Å². The van der Waals surface area contributed by atoms with Gasteiger partial charge in [0.05, 0.1) is 0 Å². The first-order valence-electron chi connectivity index (χ1n) is 6.62. The van der Waals surface area contributed by atoms with Gasteiger partial charge in [0, 0.05) is 12.6 Å². The molecule has 2 heterocycles. The van der Waals surface area contributed by atoms with Gasteiger partial charge < -0.3 is 10.0 Å². The van der Waals surface area contributed by atoms with Crippen LogP contribution in [0, 0.1) is 5.92 Å². The number of aromatic nitrogens is 2. The molecule has 2 atom stereocenters. The Bertz CT molecular complexity index is 548. The summed E-state index contributed by atoms with van der Waals surface area (Å²) in [5.74, 6) is -1.13. The van der Waals surface area contributed by atoms with Crippen molar-refractivity contribution in [2.45, 2.75) is 32.2 Å². The number of carbonyl (C=O) groups is 2. The highest BCUT2D eigenvalue weighted by atomic mass is 16.4. The maximum atomic E-state index is 12.3. The van der Waals surface area contributed by atoms with Gasteiger partial charge in [0.2, 0.25) is 0 Å². The molecule has 2 unspecified atom stereocenters. The minimum atomic E-state index is -0.999. The molecule has 108 valence electrons. The molecule has 0 spiro atoms. The molecule has 0 aliphatic carbocycles. The maximum Gasteiger partial charge on any atom is 0.326 e. The predicted molar refractivity (Wildman–Crippen MR) is 70.3 cm³/mol. The third-order valence-corrected chi connectivity index (χ3v) is 3.73. The molecule has 2 rings (SSSR count). The number of carboxylic acids is 1. The Labute approximate surface area is 115 Å². The fraction of sp³-hybridized carbons (Fsp3) is 0.538. The molecule has 1 saturated heterocycles. The Morgan fingerprint density at radius 3 is 2.80 bits per heavy atom. The molecule has 1 aliphatic heterocycles. The van der Waals surface area contributed by atoms with Crippen molar-refractivity contribution in [3.8, 4) is 0 Å². The van der Waals surface area contributed by atoms with Crippen molar-refractivity contribution in [2.24, 2.45) is 5.92 Å². The highest BCUT2D eigenvalue weighted by molar-refractivity contribution is 5.95. The van der Waals surface area contributed by atoms with Crippen LogP contribution in [0.2, 0.25) is 0 Å². The van der Waals surface area contributed by atoms with Crippen LogP contribution in [0.3, 0.4) is 0 Å². The van der Waals surface area contributed by atoms with Gasteiger partial charge in [-0.1, -0.05) is 13.3 Å². The molecule has 0 bridgehead atoms. The quantitative estimate of drug-likeness (QED) is 0.837. The van der Waals surface area contributed by atoms with Gasteiger partial charge in [0.1, 0.15) is 11.7 Å². The maximum absolute atomic E-state index is 12.3. The normalized spacial score (nSPS) is 22.6. The molecule has 2 N–H and O–H groups in total. The van der Waals surface area contributed by atoms with Crippen molar-refractivity contribution >= 4 is 11.9 Å². The van der Waals surface area contributed by atoms with Crippen molar-refractivity contribution in [3.05, 3.63) is 28.2 Å². The third kappa shape index (κ3) is 2.87. The van der Waals surface area contributed by atoms with Gasteiger partial charge in [0.25, 0.3) is 11.5 Å². The minimum Gasteiger partial charge on any atom is -0.480 e. The lowest BCUT2D eigenvalue weighted by Gasteiger charge is -2.36. The van der Waals surface area contributed by atoms with E-state index in [-0.39, 0.29) is 5.69 Å². The molecular weight excluding hydrogens is 262 g/mol. The van der Waals surface area contributed by atoms with Gasteiger partial charge in [0.15, 0.2) is 0 Å². The number of nitrogens with zero attached hydrogens (tertiary/aromatic N) is 2. The van der Waals surface area contributed by atoms with E-state index in [1.165, 1.54) is 17.0 Å². The van der Waals surface area contributed by atoms with Crippen LogP contribution in [0.4, 0.5) is 0 Å². The second-order valence-electron chi connectivity index (χ2n) is 4.96. The van der Waals surface area contributed by atoms with Crippen LogP contribution >= 0.6 is 0 Å². The molecule has 1 aromatic heterocycles. The third-order valence-electron chi connectivity index (χ3n) is 3.73. The summed E-state index contributed by atoms with van der Waals surface area (Å²) in [7, 11) is 0. The number of amides is 1. The van der Waals surface area contributed by atoms with E-state index in [1.54, 1.807) is 0 Å². The molecule has 7 heteroatoms. The Hall–Kier alpha value is -2.18. The zero-order valence-corrected chi connectivity index (χ0v) is 11.2. The van der Waals surface area contributed by atoms with Crippen molar-refractivity contribution in [3.63, 3.8) is 0 Å². The van der Waals surface area contributed by atoms with Crippen molar-refractivity contribution < 1.29 is 14.7 Å². The van der Waals surface area contributed by atoms with E-state index >= 15 is 0 Å². The summed E-state index contributed by atoms with van der Waals surface area (Å²) >= 11 is 0. The molecule has 1 fully saturated rings. The van der Waals surface area contributed by atoms with E-state index in [0.717, 1.165) is 12.8 Å². The largest absolute Gasteiger partial charge is 0.480 e. The van der Waals surface area contributed by atoms with Crippen LogP contribution in [0.5, 0.6) is 0 Å². The molecule has 1 amide bonds. The van der Waals surface area contributed by atoms with Gasteiger partial charge in [-0.3, -0.25) is 9.59 Å². The number of piperidine rings is 1. The predicted octanol–water partition coefficient (Wildman–Crippen LogP) is 0.485. The van der Waals surface area contributed by atoms with Crippen LogP contribution in [-0.2, 0) is 4.79 Å². The molecule has 0 saturated carbocycles. The molecular formula is C13H17N3O4. The Kier molecular flexibility index (Phi) is 4.16. The second kappa shape index (κ2) is 5.85. The average molecular weight is 279 g/mol. The first kappa shape index (κ1) is 14.2. The average Bonchev–Trinajstić information content (AvgIpc) is 2.46. The SMILES string of the molecule is CCC1CCN(C(=O)c2ccc(=O)[nH]n2)C(C(=O)O)C1. The standard InChI is InChI=1S/C13H17N3O4/c1-2-8-5-6-16(10(7-8)13(19)20)12(18)9-3-4-11(17)15-14-9/h3-4,8,10H,2,5-7H2,1H3,(H,15,17)(H,19,20). The van der Waals surface area contributed by atoms with Gasteiger partial charge in [-0.05, 0) is 24.8 Å². The lowest BCUT2D eigenvalue weighted by Crippen LogP contribution is -2.50. The number of carboxylic acid groups (broad SMARTS) is 1. The Morgan fingerprint density at radius 2 is 2.25 bits per heavy atom. The van der Waals surface area contributed by atoms with Crippen molar-refractivity contribution in [2.75, 3.05) is 6.54 Å². The van der Waals surface area contributed by atoms with Gasteiger partial charge >= 0.3 is 5.97 Å². The van der Waals surface area contributed by atoms with Crippen molar-refractivity contribution in [1.29, 1.82) is 0 Å². The Morgan fingerprint density at radius 1 is 1.50 bits per heavy atom. The summed E-state index contributed by atoms with van der Waals surface area (Å²) in [6.45, 7) is 2.42. The van der Waals surface area contributed by atoms with Crippen LogP contribution in [-0.4, -0.2) is 44.7 Å². The Balaban J connectivity index is 2.21. The highest BCUT2D eigenvalue weighted by Crippen LogP contribution is 2.26. The first-order valence-corrected chi connectivity index (χ1v) is 6.62. The fourth-order valence-electron chi connectivity index (χ4n) is 2.50. The van der Waals surface area contributed by atoms with E-state index in [2.05, 4.69) is 10.2 Å². The summed E-state index contributed by atoms with van der Waals surface area (Å²) < 4.78 is 0. The molecule has 1 aromatic rings. The topological polar surface area (TPSA) is 103 Å². The van der Waals surface area contributed by atoms with Gasteiger partial charge in [-0.15, -0.1) is 0 Å². The number of carbonyl (C=O) groups excluding carboxylic acids is 1. The van der Waals surface area contributed by atoms with Crippen LogP contribution < -0.4 is 5.56 Å². The number of hydrogen-bond donors (Lipinski definition) is 2. The van der Waals surface area contributed by atoms with Crippen LogP contribution in [0.15, 0.2) is 16.9 Å². The smallest absolute Gasteiger partial charge is 0.326 e. The number of hydrogen-bond acceptors (Lipinski definition) is 4. The summed E-state index contributed by atoms with van der Waals surface area (Å²) in [5.41, 5.74) is -0.341. The molecule has 20 heavy (non-hydrogen) atoms. The minimum absolute atomic E-state index is 0.0609. The second-order valence-corrected chi connectivity index (χ2v) is 4.96. The highest BCUT2D eigenvalue weighted by Gasteiger charge is 2.36. The summed E-state index contributed by atoms with van der Waals surface area (Å²) in [6.07, 6.45) is 2.15. The fourth-order valence-corrected chi connectivity index (χ4v) is 2.50. The molecule has 1 aliphatic rings. The van der Waals surface area contributed by atoms with E-state index in [0.29, 0.717) is 18.9 Å². The summed E-state index contributed by atoms with van der Waals surface area (Å²) in [4.78, 5) is 35.9. The summed E-state index contributed by atoms with van der Waals surface area (Å²) in [6, 6.07) is 1.69. The number of likely N-dealkylation sites (tertiary alicyclic amines) is 1. The van der Waals surface area contributed by atoms with Crippen molar-refractivity contribution in [1.82, 2.24) is 15.1 Å². The lowest BCUT2D eigenvalue weighted by atomic mass is 9.88. The lowest BCUT2D eigenvalue weighted by molar-refractivity contribution is -0.144. The first-order chi connectivity index (χ1) is 9.52. The molecule has 0 radical (unpaired) electrons. The van der Waals surface area contributed by atoms with Gasteiger partial charge in [-0.25, -0.2) is 9.89 Å². The van der Waals surface area contributed by atoms with Gasteiger partial charge in [-0.2, -0.15) is 5.10 Å². The van der Waals surface area contributed by atoms with E-state index in [1.807, 2.05) is 6.92 Å². The summed E-state index contributed by atoms with van der Waals surface area (Å²) in [5, 5.41) is 15.1. The molecule has 7 nitrogen and oxygen atoms in total. The zero-order valence-electron chi connectivity index (χ0n) is 11.2. The number of aliphatic carboxylic acids is 1. The number of nitrogens with one attached hydrogen (secondary N) is 1. The number of aromatic amines is 1. The van der Waals surface area contributed by atoms with Crippen LogP contribution in [0.1, 0.15) is 36.7 Å². The zero-order chi connectivity index (χ0) is 14.7. The van der Waals surface area contributed by atoms with E-state index in [4.69, 9.17) is 0 Å². The van der Waals surface area contributed by atoms with E-state index in [9.17, 15) is 19.5 Å².